The van der Waals surface area contributed by atoms with Gasteiger partial charge in [-0.25, -0.2) is 9.59 Å². The molecule has 0 aliphatic carbocycles. The van der Waals surface area contributed by atoms with Crippen molar-refractivity contribution in [2.45, 2.75) is 46.1 Å². The average Bonchev–Trinajstić information content (AvgIpc) is 2.64. The lowest BCUT2D eigenvalue weighted by atomic mass is 10.0. The van der Waals surface area contributed by atoms with Gasteiger partial charge in [0.05, 0.1) is 25.3 Å². The molecule has 0 aliphatic rings. The number of esters is 2. The van der Waals surface area contributed by atoms with Crippen molar-refractivity contribution in [3.8, 4) is 5.75 Å². The SMILES string of the molecule is COC(=O)c1cc(OCC(=O)N[C@H](C)CCCC(C)C)cc(C(=O)OC)c1. The Bertz CT molecular complexity index is 622. The minimum Gasteiger partial charge on any atom is -0.484 e. The summed E-state index contributed by atoms with van der Waals surface area (Å²) in [5, 5.41) is 2.87. The van der Waals surface area contributed by atoms with E-state index in [1.807, 2.05) is 6.92 Å². The number of benzene rings is 1. The molecule has 1 atom stereocenters. The highest BCUT2D eigenvalue weighted by atomic mass is 16.5. The lowest BCUT2D eigenvalue weighted by Crippen LogP contribution is -2.36. The van der Waals surface area contributed by atoms with Gasteiger partial charge >= 0.3 is 11.9 Å². The zero-order valence-electron chi connectivity index (χ0n) is 16.7. The van der Waals surface area contributed by atoms with Crippen molar-refractivity contribution in [3.05, 3.63) is 29.3 Å². The van der Waals surface area contributed by atoms with E-state index >= 15 is 0 Å². The lowest BCUT2D eigenvalue weighted by Gasteiger charge is -2.15. The van der Waals surface area contributed by atoms with E-state index in [-0.39, 0.29) is 35.4 Å². The van der Waals surface area contributed by atoms with Gasteiger partial charge in [-0.3, -0.25) is 4.79 Å². The van der Waals surface area contributed by atoms with E-state index in [2.05, 4.69) is 28.6 Å². The van der Waals surface area contributed by atoms with Crippen LogP contribution in [-0.2, 0) is 14.3 Å². The van der Waals surface area contributed by atoms with E-state index in [0.717, 1.165) is 19.3 Å². The van der Waals surface area contributed by atoms with Crippen molar-refractivity contribution < 1.29 is 28.6 Å². The number of hydrogen-bond donors (Lipinski definition) is 1. The summed E-state index contributed by atoms with van der Waals surface area (Å²) < 4.78 is 14.8. The predicted molar refractivity (Wildman–Crippen MR) is 101 cm³/mol. The molecule has 0 aliphatic heterocycles. The standard InChI is InChI=1S/C20H29NO6/c1-13(2)7-6-8-14(3)21-18(22)12-27-17-10-15(19(23)25-4)9-16(11-17)20(24)26-5/h9-11,13-14H,6-8,12H2,1-5H3,(H,21,22)/t14-/m1/s1. The Balaban J connectivity index is 2.68. The fourth-order valence-corrected chi connectivity index (χ4v) is 2.52. The molecule has 1 rings (SSSR count). The van der Waals surface area contributed by atoms with Crippen LogP contribution in [0.15, 0.2) is 18.2 Å². The van der Waals surface area contributed by atoms with Crippen molar-refractivity contribution in [1.29, 1.82) is 0 Å². The van der Waals surface area contributed by atoms with Crippen LogP contribution in [0.5, 0.6) is 5.75 Å². The van der Waals surface area contributed by atoms with Gasteiger partial charge in [-0.2, -0.15) is 0 Å². The second-order valence-corrected chi connectivity index (χ2v) is 6.81. The lowest BCUT2D eigenvalue weighted by molar-refractivity contribution is -0.123. The number of nitrogens with one attached hydrogen (secondary N) is 1. The zero-order valence-corrected chi connectivity index (χ0v) is 16.7. The molecule has 0 heterocycles. The first-order valence-corrected chi connectivity index (χ1v) is 9.00. The van der Waals surface area contributed by atoms with Crippen LogP contribution >= 0.6 is 0 Å². The Kier molecular flexibility index (Phi) is 9.33. The molecule has 1 aromatic rings. The quantitative estimate of drug-likeness (QED) is 0.629. The van der Waals surface area contributed by atoms with Gasteiger partial charge in [0.1, 0.15) is 5.75 Å². The van der Waals surface area contributed by atoms with E-state index in [1.165, 1.54) is 32.4 Å². The first kappa shape index (κ1) is 22.5. The van der Waals surface area contributed by atoms with Crippen LogP contribution in [0, 0.1) is 5.92 Å². The Morgan fingerprint density at radius 1 is 0.926 bits per heavy atom. The van der Waals surface area contributed by atoms with E-state index in [4.69, 9.17) is 4.74 Å². The van der Waals surface area contributed by atoms with Gasteiger partial charge in [0.15, 0.2) is 6.61 Å². The Morgan fingerprint density at radius 3 is 1.96 bits per heavy atom. The minimum atomic E-state index is -0.617. The van der Waals surface area contributed by atoms with Crippen molar-refractivity contribution in [3.63, 3.8) is 0 Å². The summed E-state index contributed by atoms with van der Waals surface area (Å²) in [6.07, 6.45) is 3.06. The van der Waals surface area contributed by atoms with E-state index < -0.39 is 11.9 Å². The molecule has 0 fully saturated rings. The summed E-state index contributed by atoms with van der Waals surface area (Å²) in [4.78, 5) is 35.6. The molecule has 1 amide bonds. The zero-order chi connectivity index (χ0) is 20.4. The van der Waals surface area contributed by atoms with Gasteiger partial charge in [0.2, 0.25) is 0 Å². The molecule has 0 unspecified atom stereocenters. The molecule has 7 heteroatoms. The number of hydrogen-bond acceptors (Lipinski definition) is 6. The second-order valence-electron chi connectivity index (χ2n) is 6.81. The molecule has 27 heavy (non-hydrogen) atoms. The number of carbonyl (C=O) groups is 3. The summed E-state index contributed by atoms with van der Waals surface area (Å²) in [7, 11) is 2.48. The smallest absolute Gasteiger partial charge is 0.338 e. The number of carbonyl (C=O) groups excluding carboxylic acids is 3. The van der Waals surface area contributed by atoms with Crippen LogP contribution in [-0.4, -0.2) is 44.7 Å². The van der Waals surface area contributed by atoms with Crippen LogP contribution in [0.1, 0.15) is 60.7 Å². The van der Waals surface area contributed by atoms with Crippen molar-refractivity contribution in [2.75, 3.05) is 20.8 Å². The Labute approximate surface area is 160 Å². The molecule has 150 valence electrons. The normalized spacial score (nSPS) is 11.6. The monoisotopic (exact) mass is 379 g/mol. The van der Waals surface area contributed by atoms with Crippen molar-refractivity contribution in [1.82, 2.24) is 5.32 Å². The molecule has 0 saturated heterocycles. The Hall–Kier alpha value is -2.57. The maximum atomic E-state index is 12.1. The predicted octanol–water partition coefficient (Wildman–Crippen LogP) is 2.97. The third-order valence-corrected chi connectivity index (χ3v) is 3.94. The topological polar surface area (TPSA) is 90.9 Å². The largest absolute Gasteiger partial charge is 0.484 e. The van der Waals surface area contributed by atoms with Gasteiger partial charge in [-0.15, -0.1) is 0 Å². The van der Waals surface area contributed by atoms with E-state index in [0.29, 0.717) is 5.92 Å². The molecule has 1 aromatic carbocycles. The van der Waals surface area contributed by atoms with E-state index in [1.54, 1.807) is 0 Å². The number of rotatable bonds is 10. The second kappa shape index (κ2) is 11.2. The maximum absolute atomic E-state index is 12.1. The van der Waals surface area contributed by atoms with Crippen LogP contribution in [0.4, 0.5) is 0 Å². The Morgan fingerprint density at radius 2 is 1.48 bits per heavy atom. The fraction of sp³-hybridized carbons (Fsp3) is 0.550. The highest BCUT2D eigenvalue weighted by molar-refractivity contribution is 5.96. The van der Waals surface area contributed by atoms with Crippen LogP contribution < -0.4 is 10.1 Å². The maximum Gasteiger partial charge on any atom is 0.338 e. The van der Waals surface area contributed by atoms with E-state index in [9.17, 15) is 14.4 Å². The molecule has 0 saturated carbocycles. The molecule has 0 spiro atoms. The average molecular weight is 379 g/mol. The van der Waals surface area contributed by atoms with Crippen molar-refractivity contribution in [2.24, 2.45) is 5.92 Å². The summed E-state index contributed by atoms with van der Waals surface area (Å²) >= 11 is 0. The summed E-state index contributed by atoms with van der Waals surface area (Å²) in [5.74, 6) is -0.652. The molecule has 7 nitrogen and oxygen atoms in total. The molecule has 1 N–H and O–H groups in total. The van der Waals surface area contributed by atoms with Gasteiger partial charge in [0, 0.05) is 6.04 Å². The number of ether oxygens (including phenoxy) is 3. The van der Waals surface area contributed by atoms with Gasteiger partial charge < -0.3 is 19.5 Å². The number of methoxy groups -OCH3 is 2. The van der Waals surface area contributed by atoms with Crippen molar-refractivity contribution >= 4 is 17.8 Å². The highest BCUT2D eigenvalue weighted by Gasteiger charge is 2.15. The minimum absolute atomic E-state index is 0.0480. The van der Waals surface area contributed by atoms with Crippen LogP contribution in [0.2, 0.25) is 0 Å². The van der Waals surface area contributed by atoms with Gasteiger partial charge in [0.25, 0.3) is 5.91 Å². The molecule has 0 bridgehead atoms. The van der Waals surface area contributed by atoms with Gasteiger partial charge in [-0.05, 0) is 37.5 Å². The molecule has 0 aromatic heterocycles. The van der Waals surface area contributed by atoms with Crippen LogP contribution in [0.25, 0.3) is 0 Å². The third-order valence-electron chi connectivity index (χ3n) is 3.94. The first-order valence-electron chi connectivity index (χ1n) is 9.00. The number of amides is 1. The van der Waals surface area contributed by atoms with Crippen LogP contribution in [0.3, 0.4) is 0 Å². The molecule has 0 radical (unpaired) electrons. The molecular formula is C20H29NO6. The fourth-order valence-electron chi connectivity index (χ4n) is 2.52. The third kappa shape index (κ3) is 8.11. The summed E-state index contributed by atoms with van der Waals surface area (Å²) in [5.41, 5.74) is 0.274. The highest BCUT2D eigenvalue weighted by Crippen LogP contribution is 2.19. The molecular weight excluding hydrogens is 350 g/mol. The summed E-state index contributed by atoms with van der Waals surface area (Å²) in [6.45, 7) is 6.06. The van der Waals surface area contributed by atoms with Gasteiger partial charge in [-0.1, -0.05) is 26.7 Å². The first-order chi connectivity index (χ1) is 12.8. The summed E-state index contributed by atoms with van der Waals surface area (Å²) in [6, 6.07) is 4.23.